The Balaban J connectivity index is 1.76. The summed E-state index contributed by atoms with van der Waals surface area (Å²) in [4.78, 5) is 28.0. The van der Waals surface area contributed by atoms with Crippen molar-refractivity contribution >= 4 is 45.1 Å². The number of aryl methyl sites for hydroxylation is 1. The molecule has 5 rings (SSSR count). The second-order valence-electron chi connectivity index (χ2n) is 8.00. The first kappa shape index (κ1) is 21.8. The number of hydrogen-bond donors (Lipinski definition) is 1. The van der Waals surface area contributed by atoms with Crippen molar-refractivity contribution in [2.45, 2.75) is 18.9 Å². The minimum atomic E-state index is -1.04. The molecule has 33 heavy (non-hydrogen) atoms. The maximum atomic E-state index is 13.8. The highest BCUT2D eigenvalue weighted by atomic mass is 79.9. The van der Waals surface area contributed by atoms with Gasteiger partial charge in [0, 0.05) is 20.7 Å². The summed E-state index contributed by atoms with van der Waals surface area (Å²) in [6.45, 7) is 2.71. The molecule has 2 aliphatic rings. The third kappa shape index (κ3) is 3.75. The van der Waals surface area contributed by atoms with Crippen LogP contribution in [0.2, 0.25) is 5.02 Å². The van der Waals surface area contributed by atoms with Crippen molar-refractivity contribution in [3.8, 4) is 11.5 Å². The van der Waals surface area contributed by atoms with Gasteiger partial charge in [-0.3, -0.25) is 14.5 Å². The number of benzene rings is 3. The number of rotatable bonds is 3. The average molecular weight is 529 g/mol. The van der Waals surface area contributed by atoms with Gasteiger partial charge in [0.1, 0.15) is 19.1 Å². The Morgan fingerprint density at radius 2 is 1.82 bits per heavy atom. The smallest absolute Gasteiger partial charge is 0.313 e. The lowest BCUT2D eigenvalue weighted by atomic mass is 9.79. The Labute approximate surface area is 203 Å². The molecule has 0 saturated heterocycles. The SMILES string of the molecule is Cc1ccc(N2C(=O)c3ccc(Br)cc3[C@@H](C(=O)O)[C@@H]2c2ccc3c(c2)OCCO3)cc1Cl. The second-order valence-corrected chi connectivity index (χ2v) is 9.33. The summed E-state index contributed by atoms with van der Waals surface area (Å²) >= 11 is 9.81. The minimum Gasteiger partial charge on any atom is -0.486 e. The summed E-state index contributed by atoms with van der Waals surface area (Å²) in [5.74, 6) is -1.23. The number of carbonyl (C=O) groups is 2. The third-order valence-electron chi connectivity index (χ3n) is 6.00. The zero-order chi connectivity index (χ0) is 23.3. The normalized spacial score (nSPS) is 19.2. The summed E-state index contributed by atoms with van der Waals surface area (Å²) < 4.78 is 12.1. The van der Waals surface area contributed by atoms with Crippen molar-refractivity contribution in [1.29, 1.82) is 0 Å². The molecule has 0 saturated carbocycles. The first-order valence-corrected chi connectivity index (χ1v) is 11.5. The Hall–Kier alpha value is -3.03. The van der Waals surface area contributed by atoms with Crippen LogP contribution in [0.25, 0.3) is 0 Å². The molecule has 2 aliphatic heterocycles. The lowest BCUT2D eigenvalue weighted by Crippen LogP contribution is -2.45. The van der Waals surface area contributed by atoms with Gasteiger partial charge in [0.2, 0.25) is 0 Å². The highest BCUT2D eigenvalue weighted by Gasteiger charge is 2.45. The van der Waals surface area contributed by atoms with E-state index < -0.39 is 17.9 Å². The first-order valence-electron chi connectivity index (χ1n) is 10.4. The van der Waals surface area contributed by atoms with Crippen molar-refractivity contribution in [3.63, 3.8) is 0 Å². The van der Waals surface area contributed by atoms with E-state index in [1.807, 2.05) is 13.0 Å². The van der Waals surface area contributed by atoms with E-state index in [-0.39, 0.29) is 5.91 Å². The van der Waals surface area contributed by atoms with Gasteiger partial charge in [0.05, 0.1) is 6.04 Å². The maximum Gasteiger partial charge on any atom is 0.313 e. The molecular formula is C25H19BrClNO5. The van der Waals surface area contributed by atoms with E-state index in [4.69, 9.17) is 21.1 Å². The van der Waals surface area contributed by atoms with Crippen LogP contribution in [-0.2, 0) is 4.79 Å². The topological polar surface area (TPSA) is 76.1 Å². The summed E-state index contributed by atoms with van der Waals surface area (Å²) in [5.41, 5.74) is 2.81. The van der Waals surface area contributed by atoms with Gasteiger partial charge in [-0.2, -0.15) is 0 Å². The van der Waals surface area contributed by atoms with Crippen LogP contribution >= 0.6 is 27.5 Å². The number of carboxylic acids is 1. The Kier molecular flexibility index (Phi) is 5.54. The predicted molar refractivity (Wildman–Crippen MR) is 128 cm³/mol. The number of carboxylic acid groups (broad SMARTS) is 1. The quantitative estimate of drug-likeness (QED) is 0.468. The summed E-state index contributed by atoms with van der Waals surface area (Å²) in [6.07, 6.45) is 0. The fraction of sp³-hybridized carbons (Fsp3) is 0.200. The van der Waals surface area contributed by atoms with Gasteiger partial charge >= 0.3 is 5.97 Å². The molecule has 0 bridgehead atoms. The summed E-state index contributed by atoms with van der Waals surface area (Å²) in [5, 5.41) is 10.9. The molecule has 3 aromatic rings. The van der Waals surface area contributed by atoms with E-state index in [1.54, 1.807) is 48.5 Å². The van der Waals surface area contributed by atoms with Crippen LogP contribution in [0.3, 0.4) is 0 Å². The van der Waals surface area contributed by atoms with Crippen LogP contribution in [0.4, 0.5) is 5.69 Å². The van der Waals surface area contributed by atoms with Crippen molar-refractivity contribution in [2.75, 3.05) is 18.1 Å². The van der Waals surface area contributed by atoms with Crippen LogP contribution in [0, 0.1) is 6.92 Å². The monoisotopic (exact) mass is 527 g/mol. The van der Waals surface area contributed by atoms with Gasteiger partial charge in [-0.1, -0.05) is 39.7 Å². The lowest BCUT2D eigenvalue weighted by Gasteiger charge is -2.41. The van der Waals surface area contributed by atoms with E-state index in [9.17, 15) is 14.7 Å². The van der Waals surface area contributed by atoms with Gasteiger partial charge < -0.3 is 14.6 Å². The molecule has 168 valence electrons. The molecule has 0 unspecified atom stereocenters. The van der Waals surface area contributed by atoms with Crippen molar-refractivity contribution in [2.24, 2.45) is 0 Å². The van der Waals surface area contributed by atoms with Crippen LogP contribution in [0.15, 0.2) is 59.1 Å². The molecule has 1 amide bonds. The average Bonchev–Trinajstić information content (AvgIpc) is 2.80. The maximum absolute atomic E-state index is 13.8. The van der Waals surface area contributed by atoms with Crippen molar-refractivity contribution < 1.29 is 24.2 Å². The zero-order valence-electron chi connectivity index (χ0n) is 17.5. The molecule has 0 fully saturated rings. The van der Waals surface area contributed by atoms with Crippen molar-refractivity contribution in [3.05, 3.63) is 86.3 Å². The summed E-state index contributed by atoms with van der Waals surface area (Å²) in [6, 6.07) is 14.9. The minimum absolute atomic E-state index is 0.296. The van der Waals surface area contributed by atoms with Gasteiger partial charge in [-0.05, 0) is 66.1 Å². The Morgan fingerprint density at radius 1 is 1.06 bits per heavy atom. The Morgan fingerprint density at radius 3 is 2.55 bits per heavy atom. The number of carbonyl (C=O) groups excluding carboxylic acids is 1. The number of nitrogens with zero attached hydrogens (tertiary/aromatic N) is 1. The standard InChI is InChI=1S/C25H19BrClNO5/c1-13-2-5-16(12-19(13)27)28-23(14-3-7-20-21(10-14)33-9-8-32-20)22(25(30)31)18-11-15(26)4-6-17(18)24(28)29/h2-7,10-12,22-23H,8-9H2,1H3,(H,30,31)/t22-,23+/m1/s1. The van der Waals surface area contributed by atoms with E-state index in [1.165, 1.54) is 4.90 Å². The fourth-order valence-electron chi connectivity index (χ4n) is 4.42. The lowest BCUT2D eigenvalue weighted by molar-refractivity contribution is -0.139. The van der Waals surface area contributed by atoms with E-state index in [0.717, 1.165) is 5.56 Å². The van der Waals surface area contributed by atoms with Crippen LogP contribution in [0.1, 0.15) is 39.0 Å². The van der Waals surface area contributed by atoms with E-state index in [0.29, 0.717) is 56.6 Å². The molecule has 0 aliphatic carbocycles. The molecule has 0 aromatic heterocycles. The molecule has 1 N–H and O–H groups in total. The van der Waals surface area contributed by atoms with Gasteiger partial charge in [-0.25, -0.2) is 0 Å². The molecular weight excluding hydrogens is 510 g/mol. The molecule has 2 atom stereocenters. The number of amides is 1. The highest BCUT2D eigenvalue weighted by Crippen LogP contribution is 2.47. The molecule has 2 heterocycles. The molecule has 0 spiro atoms. The number of hydrogen-bond acceptors (Lipinski definition) is 4. The van der Waals surface area contributed by atoms with Gasteiger partial charge in [0.15, 0.2) is 11.5 Å². The van der Waals surface area contributed by atoms with Crippen LogP contribution in [0.5, 0.6) is 11.5 Å². The number of aliphatic carboxylic acids is 1. The van der Waals surface area contributed by atoms with Gasteiger partial charge in [-0.15, -0.1) is 0 Å². The van der Waals surface area contributed by atoms with E-state index in [2.05, 4.69) is 15.9 Å². The van der Waals surface area contributed by atoms with Crippen LogP contribution < -0.4 is 14.4 Å². The summed E-state index contributed by atoms with van der Waals surface area (Å²) in [7, 11) is 0. The number of anilines is 1. The number of halogens is 2. The molecule has 0 radical (unpaired) electrons. The number of ether oxygens (including phenoxy) is 2. The largest absolute Gasteiger partial charge is 0.486 e. The van der Waals surface area contributed by atoms with E-state index >= 15 is 0 Å². The second kappa shape index (κ2) is 8.39. The Bertz CT molecular complexity index is 1290. The van der Waals surface area contributed by atoms with Crippen molar-refractivity contribution in [1.82, 2.24) is 0 Å². The van der Waals surface area contributed by atoms with Gasteiger partial charge in [0.25, 0.3) is 5.91 Å². The van der Waals surface area contributed by atoms with Crippen LogP contribution in [-0.4, -0.2) is 30.2 Å². The predicted octanol–water partition coefficient (Wildman–Crippen LogP) is 5.75. The molecule has 6 nitrogen and oxygen atoms in total. The first-order chi connectivity index (χ1) is 15.8. The number of fused-ring (bicyclic) bond motifs is 2. The highest BCUT2D eigenvalue weighted by molar-refractivity contribution is 9.10. The fourth-order valence-corrected chi connectivity index (χ4v) is 4.98. The molecule has 8 heteroatoms. The third-order valence-corrected chi connectivity index (χ3v) is 6.90. The molecule has 3 aromatic carbocycles. The zero-order valence-corrected chi connectivity index (χ0v) is 19.9.